The molecular weight excluding hydrogens is 264 g/mol. The first-order valence-corrected chi connectivity index (χ1v) is 5.45. The van der Waals surface area contributed by atoms with E-state index in [1.807, 2.05) is 18.2 Å². The molecule has 2 aromatic rings. The molecule has 0 aliphatic heterocycles. The quantitative estimate of drug-likeness (QED) is 0.822. The summed E-state index contributed by atoms with van der Waals surface area (Å²) < 4.78 is 0.969. The number of nitrogens with zero attached hydrogens (tertiary/aromatic N) is 2. The zero-order valence-corrected chi connectivity index (χ0v) is 9.47. The molecule has 0 fully saturated rings. The molecule has 3 N–H and O–H groups in total. The fraction of sp³-hybridized carbons (Fsp3) is 0. The smallest absolute Gasteiger partial charge is 0.188 e. The van der Waals surface area contributed by atoms with Gasteiger partial charge in [0.15, 0.2) is 5.16 Å². The van der Waals surface area contributed by atoms with Gasteiger partial charge in [0.05, 0.1) is 0 Å². The van der Waals surface area contributed by atoms with E-state index in [2.05, 4.69) is 31.1 Å². The summed E-state index contributed by atoms with van der Waals surface area (Å²) in [6, 6.07) is 5.74. The Hall–Kier alpha value is -1.01. The van der Waals surface area contributed by atoms with Gasteiger partial charge in [0, 0.05) is 15.1 Å². The Kier molecular flexibility index (Phi) is 2.74. The van der Waals surface area contributed by atoms with Crippen molar-refractivity contribution in [1.82, 2.24) is 15.2 Å². The van der Waals surface area contributed by atoms with Crippen molar-refractivity contribution < 1.29 is 0 Å². The van der Waals surface area contributed by atoms with E-state index < -0.39 is 0 Å². The van der Waals surface area contributed by atoms with Gasteiger partial charge in [-0.15, -0.1) is 0 Å². The van der Waals surface area contributed by atoms with Crippen molar-refractivity contribution >= 4 is 33.4 Å². The molecule has 2 rings (SSSR count). The fourth-order valence-corrected chi connectivity index (χ4v) is 2.06. The van der Waals surface area contributed by atoms with E-state index in [0.717, 1.165) is 20.2 Å². The van der Waals surface area contributed by atoms with E-state index in [4.69, 9.17) is 5.73 Å². The van der Waals surface area contributed by atoms with Gasteiger partial charge in [0.25, 0.3) is 0 Å². The van der Waals surface area contributed by atoms with Gasteiger partial charge in [-0.1, -0.05) is 15.9 Å². The molecule has 72 valence electrons. The van der Waals surface area contributed by atoms with E-state index >= 15 is 0 Å². The topological polar surface area (TPSA) is 67.6 Å². The third-order valence-corrected chi connectivity index (χ3v) is 3.05. The summed E-state index contributed by atoms with van der Waals surface area (Å²) in [5.41, 5.74) is 6.55. The standard InChI is InChI=1S/C8H7BrN4S/c9-5-1-2-7(6(10)3-5)14-8-11-4-12-13-8/h1-4H,10H2,(H,11,12,13). The molecule has 0 amide bonds. The summed E-state index contributed by atoms with van der Waals surface area (Å²) in [4.78, 5) is 4.97. The number of hydrogen-bond acceptors (Lipinski definition) is 4. The van der Waals surface area contributed by atoms with Crippen LogP contribution in [0.3, 0.4) is 0 Å². The van der Waals surface area contributed by atoms with Crippen LogP contribution in [-0.2, 0) is 0 Å². The number of anilines is 1. The van der Waals surface area contributed by atoms with Crippen LogP contribution in [-0.4, -0.2) is 15.2 Å². The number of nitrogens with two attached hydrogens (primary N) is 1. The summed E-state index contributed by atoms with van der Waals surface area (Å²) in [5, 5.41) is 7.26. The van der Waals surface area contributed by atoms with Crippen LogP contribution in [0.5, 0.6) is 0 Å². The number of aromatic amines is 1. The van der Waals surface area contributed by atoms with Gasteiger partial charge < -0.3 is 5.73 Å². The predicted octanol–water partition coefficient (Wildman–Crippen LogP) is 2.30. The summed E-state index contributed by atoms with van der Waals surface area (Å²) in [7, 11) is 0. The molecule has 0 aliphatic rings. The Morgan fingerprint density at radius 1 is 1.43 bits per heavy atom. The molecule has 1 aromatic heterocycles. The average Bonchev–Trinajstić information content (AvgIpc) is 2.62. The molecule has 0 saturated carbocycles. The van der Waals surface area contributed by atoms with Crippen LogP contribution in [0.15, 0.2) is 39.1 Å². The molecule has 6 heteroatoms. The normalized spacial score (nSPS) is 10.4. The van der Waals surface area contributed by atoms with E-state index in [1.54, 1.807) is 0 Å². The largest absolute Gasteiger partial charge is 0.398 e. The molecule has 0 spiro atoms. The van der Waals surface area contributed by atoms with Crippen LogP contribution >= 0.6 is 27.7 Å². The number of benzene rings is 1. The second-order valence-corrected chi connectivity index (χ2v) is 4.52. The van der Waals surface area contributed by atoms with E-state index in [1.165, 1.54) is 18.1 Å². The minimum atomic E-state index is 0.723. The Bertz CT molecular complexity index is 429. The van der Waals surface area contributed by atoms with Crippen LogP contribution in [0.2, 0.25) is 0 Å². The van der Waals surface area contributed by atoms with Crippen molar-refractivity contribution in [1.29, 1.82) is 0 Å². The first kappa shape index (κ1) is 9.54. The van der Waals surface area contributed by atoms with Crippen LogP contribution < -0.4 is 5.73 Å². The van der Waals surface area contributed by atoms with Gasteiger partial charge in [-0.05, 0) is 30.0 Å². The lowest BCUT2D eigenvalue weighted by molar-refractivity contribution is 0.973. The van der Waals surface area contributed by atoms with Crippen molar-refractivity contribution in [2.45, 2.75) is 10.1 Å². The molecule has 1 heterocycles. The second kappa shape index (κ2) is 4.02. The Labute approximate surface area is 93.4 Å². The predicted molar refractivity (Wildman–Crippen MR) is 59.1 cm³/mol. The Balaban J connectivity index is 2.25. The number of rotatable bonds is 2. The monoisotopic (exact) mass is 270 g/mol. The van der Waals surface area contributed by atoms with E-state index in [9.17, 15) is 0 Å². The number of aromatic nitrogens is 3. The van der Waals surface area contributed by atoms with Gasteiger partial charge in [0.2, 0.25) is 0 Å². The summed E-state index contributed by atoms with van der Waals surface area (Å²) >= 11 is 4.80. The summed E-state index contributed by atoms with van der Waals surface area (Å²) in [5.74, 6) is 0. The highest BCUT2D eigenvalue weighted by Gasteiger charge is 2.03. The second-order valence-electron chi connectivity index (χ2n) is 2.57. The SMILES string of the molecule is Nc1cc(Br)ccc1Sc1ncn[nH]1. The number of halogens is 1. The maximum atomic E-state index is 5.83. The molecule has 4 nitrogen and oxygen atoms in total. The number of H-pyrrole nitrogens is 1. The molecule has 1 aromatic carbocycles. The lowest BCUT2D eigenvalue weighted by Gasteiger charge is -2.02. The van der Waals surface area contributed by atoms with E-state index in [0.29, 0.717) is 0 Å². The third kappa shape index (κ3) is 2.08. The van der Waals surface area contributed by atoms with Crippen molar-refractivity contribution in [3.05, 3.63) is 29.0 Å². The highest BCUT2D eigenvalue weighted by molar-refractivity contribution is 9.10. The third-order valence-electron chi connectivity index (χ3n) is 1.57. The average molecular weight is 271 g/mol. The minimum absolute atomic E-state index is 0.723. The van der Waals surface area contributed by atoms with Crippen LogP contribution in [0.4, 0.5) is 5.69 Å². The van der Waals surface area contributed by atoms with Gasteiger partial charge in [0.1, 0.15) is 6.33 Å². The van der Waals surface area contributed by atoms with Gasteiger partial charge in [-0.2, -0.15) is 5.10 Å². The number of nitrogen functional groups attached to an aromatic ring is 1. The first-order valence-electron chi connectivity index (χ1n) is 3.84. The maximum absolute atomic E-state index is 5.83. The van der Waals surface area contributed by atoms with Gasteiger partial charge >= 0.3 is 0 Å². The van der Waals surface area contributed by atoms with Crippen molar-refractivity contribution in [3.8, 4) is 0 Å². The number of hydrogen-bond donors (Lipinski definition) is 2. The lowest BCUT2D eigenvalue weighted by Crippen LogP contribution is -1.88. The highest BCUT2D eigenvalue weighted by Crippen LogP contribution is 2.31. The molecule has 0 unspecified atom stereocenters. The molecular formula is C8H7BrN4S. The van der Waals surface area contributed by atoms with Crippen LogP contribution in [0.25, 0.3) is 0 Å². The van der Waals surface area contributed by atoms with Crippen molar-refractivity contribution in [3.63, 3.8) is 0 Å². The highest BCUT2D eigenvalue weighted by atomic mass is 79.9. The van der Waals surface area contributed by atoms with Gasteiger partial charge in [-0.3, -0.25) is 5.10 Å². The van der Waals surface area contributed by atoms with Gasteiger partial charge in [-0.25, -0.2) is 4.98 Å². The molecule has 0 aliphatic carbocycles. The zero-order valence-electron chi connectivity index (χ0n) is 7.07. The molecule has 0 atom stereocenters. The maximum Gasteiger partial charge on any atom is 0.188 e. The first-order chi connectivity index (χ1) is 6.75. The molecule has 0 radical (unpaired) electrons. The Morgan fingerprint density at radius 2 is 2.29 bits per heavy atom. The Morgan fingerprint density at radius 3 is 2.93 bits per heavy atom. The minimum Gasteiger partial charge on any atom is -0.398 e. The molecule has 0 bridgehead atoms. The van der Waals surface area contributed by atoms with Crippen molar-refractivity contribution in [2.75, 3.05) is 5.73 Å². The van der Waals surface area contributed by atoms with Crippen molar-refractivity contribution in [2.24, 2.45) is 0 Å². The zero-order chi connectivity index (χ0) is 9.97. The van der Waals surface area contributed by atoms with E-state index in [-0.39, 0.29) is 0 Å². The molecule has 14 heavy (non-hydrogen) atoms. The van der Waals surface area contributed by atoms with Crippen LogP contribution in [0.1, 0.15) is 0 Å². The molecule has 0 saturated heterocycles. The lowest BCUT2D eigenvalue weighted by atomic mass is 10.3. The van der Waals surface area contributed by atoms with Crippen LogP contribution in [0, 0.1) is 0 Å². The number of nitrogens with one attached hydrogen (secondary N) is 1. The summed E-state index contributed by atoms with van der Waals surface area (Å²) in [6.45, 7) is 0. The summed E-state index contributed by atoms with van der Waals surface area (Å²) in [6.07, 6.45) is 1.47. The fourth-order valence-electron chi connectivity index (χ4n) is 0.960.